The summed E-state index contributed by atoms with van der Waals surface area (Å²) in [5.74, 6) is -1.16. The fourth-order valence-electron chi connectivity index (χ4n) is 1.64. The highest BCUT2D eigenvalue weighted by Gasteiger charge is 2.41. The minimum absolute atomic E-state index is 0.00211. The quantitative estimate of drug-likeness (QED) is 0.661. The molecule has 1 fully saturated rings. The first-order chi connectivity index (χ1) is 5.83. The Labute approximate surface area is 78.2 Å². The number of aliphatic hydroxyl groups is 1. The van der Waals surface area contributed by atoms with Gasteiger partial charge in [-0.3, -0.25) is 9.69 Å². The van der Waals surface area contributed by atoms with E-state index in [0.29, 0.717) is 13.1 Å². The van der Waals surface area contributed by atoms with Crippen molar-refractivity contribution in [2.24, 2.45) is 5.92 Å². The van der Waals surface area contributed by atoms with Gasteiger partial charge in [0.25, 0.3) is 0 Å². The van der Waals surface area contributed by atoms with E-state index >= 15 is 0 Å². The van der Waals surface area contributed by atoms with Crippen molar-refractivity contribution in [3.8, 4) is 0 Å². The van der Waals surface area contributed by atoms with Gasteiger partial charge in [0.2, 0.25) is 0 Å². The number of nitrogens with zero attached hydrogens (tertiary/aromatic N) is 1. The number of carboxylic acids is 1. The van der Waals surface area contributed by atoms with Crippen molar-refractivity contribution in [3.05, 3.63) is 0 Å². The van der Waals surface area contributed by atoms with Gasteiger partial charge in [0, 0.05) is 19.1 Å². The lowest BCUT2D eigenvalue weighted by molar-refractivity contribution is -0.149. The molecule has 1 heterocycles. The first-order valence-corrected chi connectivity index (χ1v) is 4.53. The maximum atomic E-state index is 10.7. The molecule has 1 aliphatic heterocycles. The number of aliphatic carboxylic acids is 1. The summed E-state index contributed by atoms with van der Waals surface area (Å²) in [6.07, 6.45) is 0. The second-order valence-corrected chi connectivity index (χ2v) is 4.27. The molecule has 1 aliphatic rings. The molecule has 4 nitrogen and oxygen atoms in total. The molecule has 1 saturated heterocycles. The van der Waals surface area contributed by atoms with Crippen molar-refractivity contribution in [1.82, 2.24) is 4.90 Å². The fourth-order valence-corrected chi connectivity index (χ4v) is 1.64. The number of hydrogen-bond acceptors (Lipinski definition) is 3. The molecule has 0 aromatic rings. The highest BCUT2D eigenvalue weighted by Crippen LogP contribution is 2.25. The molecule has 0 aromatic heterocycles. The van der Waals surface area contributed by atoms with Gasteiger partial charge in [-0.2, -0.15) is 0 Å². The van der Waals surface area contributed by atoms with Crippen LogP contribution in [0.5, 0.6) is 0 Å². The molecule has 13 heavy (non-hydrogen) atoms. The molecule has 0 radical (unpaired) electrons. The summed E-state index contributed by atoms with van der Waals surface area (Å²) in [4.78, 5) is 12.6. The number of rotatable bonds is 3. The van der Waals surface area contributed by atoms with Crippen LogP contribution < -0.4 is 0 Å². The Morgan fingerprint density at radius 1 is 1.46 bits per heavy atom. The standard InChI is InChI=1S/C9H17NO3/c1-6(8(11)12)7(2)10-4-9(3,13)5-10/h6-7,13H,4-5H2,1-3H3,(H,11,12). The van der Waals surface area contributed by atoms with E-state index in [1.807, 2.05) is 11.8 Å². The summed E-state index contributed by atoms with van der Waals surface area (Å²) in [6.45, 7) is 6.49. The van der Waals surface area contributed by atoms with Crippen molar-refractivity contribution < 1.29 is 15.0 Å². The Kier molecular flexibility index (Phi) is 2.63. The third kappa shape index (κ3) is 2.19. The summed E-state index contributed by atoms with van der Waals surface area (Å²) in [7, 11) is 0. The van der Waals surface area contributed by atoms with Crippen molar-refractivity contribution >= 4 is 5.97 Å². The van der Waals surface area contributed by atoms with E-state index in [2.05, 4.69) is 0 Å². The summed E-state index contributed by atoms with van der Waals surface area (Å²) < 4.78 is 0. The van der Waals surface area contributed by atoms with Gasteiger partial charge in [0.05, 0.1) is 11.5 Å². The molecule has 0 amide bonds. The van der Waals surface area contributed by atoms with E-state index in [9.17, 15) is 9.90 Å². The van der Waals surface area contributed by atoms with Gasteiger partial charge in [-0.15, -0.1) is 0 Å². The monoisotopic (exact) mass is 187 g/mol. The Bertz CT molecular complexity index is 207. The van der Waals surface area contributed by atoms with Gasteiger partial charge in [0.15, 0.2) is 0 Å². The first-order valence-electron chi connectivity index (χ1n) is 4.53. The fraction of sp³-hybridized carbons (Fsp3) is 0.889. The van der Waals surface area contributed by atoms with Gasteiger partial charge >= 0.3 is 5.97 Å². The smallest absolute Gasteiger partial charge is 0.307 e. The van der Waals surface area contributed by atoms with Gasteiger partial charge in [-0.1, -0.05) is 6.92 Å². The van der Waals surface area contributed by atoms with E-state index < -0.39 is 11.6 Å². The highest BCUT2D eigenvalue weighted by atomic mass is 16.4. The van der Waals surface area contributed by atoms with E-state index in [4.69, 9.17) is 5.11 Å². The summed E-state index contributed by atoms with van der Waals surface area (Å²) in [6, 6.07) is -0.00211. The molecule has 1 rings (SSSR count). The Morgan fingerprint density at radius 2 is 1.92 bits per heavy atom. The second-order valence-electron chi connectivity index (χ2n) is 4.27. The average Bonchev–Trinajstić information content (AvgIpc) is 1.97. The van der Waals surface area contributed by atoms with Gasteiger partial charge in [0.1, 0.15) is 0 Å². The molecule has 2 atom stereocenters. The Morgan fingerprint density at radius 3 is 2.23 bits per heavy atom. The van der Waals surface area contributed by atoms with Crippen LogP contribution in [0.25, 0.3) is 0 Å². The number of likely N-dealkylation sites (tertiary alicyclic amines) is 1. The molecular weight excluding hydrogens is 170 g/mol. The van der Waals surface area contributed by atoms with E-state index in [-0.39, 0.29) is 12.0 Å². The lowest BCUT2D eigenvalue weighted by atomic mass is 9.91. The number of carbonyl (C=O) groups is 1. The zero-order valence-electron chi connectivity index (χ0n) is 8.32. The molecule has 0 bridgehead atoms. The van der Waals surface area contributed by atoms with Crippen LogP contribution in [0.2, 0.25) is 0 Å². The van der Waals surface area contributed by atoms with E-state index in [0.717, 1.165) is 0 Å². The average molecular weight is 187 g/mol. The molecule has 2 unspecified atom stereocenters. The van der Waals surface area contributed by atoms with Crippen molar-refractivity contribution in [3.63, 3.8) is 0 Å². The maximum Gasteiger partial charge on any atom is 0.307 e. The molecule has 0 spiro atoms. The molecule has 0 aromatic carbocycles. The lowest BCUT2D eigenvalue weighted by Gasteiger charge is -2.48. The Hall–Kier alpha value is -0.610. The first kappa shape index (κ1) is 10.5. The number of β-amino-alcohol motifs (C(OH)–C–C–N with tert-alkyl or cyclic N) is 1. The molecule has 0 aliphatic carbocycles. The molecule has 0 saturated carbocycles. The zero-order chi connectivity index (χ0) is 10.2. The predicted octanol–water partition coefficient (Wildman–Crippen LogP) is 0.162. The van der Waals surface area contributed by atoms with Crippen LogP contribution in [0, 0.1) is 5.92 Å². The molecule has 2 N–H and O–H groups in total. The van der Waals surface area contributed by atoms with Crippen LogP contribution in [-0.2, 0) is 4.79 Å². The lowest BCUT2D eigenvalue weighted by Crippen LogP contribution is -2.63. The van der Waals surface area contributed by atoms with E-state index in [1.165, 1.54) is 0 Å². The minimum atomic E-state index is -0.779. The summed E-state index contributed by atoms with van der Waals surface area (Å²) in [5.41, 5.74) is -0.619. The molecule has 4 heteroatoms. The van der Waals surface area contributed by atoms with Crippen molar-refractivity contribution in [1.29, 1.82) is 0 Å². The summed E-state index contributed by atoms with van der Waals surface area (Å²) >= 11 is 0. The van der Waals surface area contributed by atoms with Crippen LogP contribution in [0.4, 0.5) is 0 Å². The SMILES string of the molecule is CC(C(=O)O)C(C)N1CC(C)(O)C1. The topological polar surface area (TPSA) is 60.8 Å². The van der Waals surface area contributed by atoms with Crippen molar-refractivity contribution in [2.45, 2.75) is 32.4 Å². The maximum absolute atomic E-state index is 10.7. The highest BCUT2D eigenvalue weighted by molar-refractivity contribution is 5.70. The minimum Gasteiger partial charge on any atom is -0.481 e. The third-order valence-corrected chi connectivity index (χ3v) is 2.78. The van der Waals surface area contributed by atoms with E-state index in [1.54, 1.807) is 13.8 Å². The van der Waals surface area contributed by atoms with Gasteiger partial charge < -0.3 is 10.2 Å². The molecule has 76 valence electrons. The van der Waals surface area contributed by atoms with Crippen LogP contribution in [-0.4, -0.2) is 45.8 Å². The predicted molar refractivity (Wildman–Crippen MR) is 48.5 cm³/mol. The Balaban J connectivity index is 2.43. The summed E-state index contributed by atoms with van der Waals surface area (Å²) in [5, 5.41) is 18.2. The number of hydrogen-bond donors (Lipinski definition) is 2. The second kappa shape index (κ2) is 3.27. The number of carboxylic acid groups (broad SMARTS) is 1. The molecular formula is C9H17NO3. The van der Waals surface area contributed by atoms with Gasteiger partial charge in [-0.25, -0.2) is 0 Å². The largest absolute Gasteiger partial charge is 0.481 e. The van der Waals surface area contributed by atoms with Crippen molar-refractivity contribution in [2.75, 3.05) is 13.1 Å². The van der Waals surface area contributed by atoms with Crippen LogP contribution in [0.1, 0.15) is 20.8 Å². The van der Waals surface area contributed by atoms with Gasteiger partial charge in [-0.05, 0) is 13.8 Å². The van der Waals surface area contributed by atoms with Crippen LogP contribution >= 0.6 is 0 Å². The van der Waals surface area contributed by atoms with Crippen LogP contribution in [0.3, 0.4) is 0 Å². The van der Waals surface area contributed by atoms with Crippen LogP contribution in [0.15, 0.2) is 0 Å². The normalized spacial score (nSPS) is 26.2. The third-order valence-electron chi connectivity index (χ3n) is 2.78. The zero-order valence-corrected chi connectivity index (χ0v) is 8.32.